The smallest absolute Gasteiger partial charge is 0.179 e. The Morgan fingerprint density at radius 1 is 0.356 bits per heavy atom. The Bertz CT molecular complexity index is 3660. The van der Waals surface area contributed by atoms with Gasteiger partial charge in [-0.05, 0) is 147 Å². The standard InChI is InChI=1S/C70H56N2Si/c1-4-24-55(25-5-1)73(56-26-6-2-7-27-56,57-28-8-3-9-29-57)58-30-19-21-50(47-58)59-33-20-40-68(69(59)51-22-18-23-54(46-51)71-64-36-14-10-31-60(64)61-32-11-15-37-65(61)71)72-66-38-16-12-34-62(66)70(63-35-13-17-39-67(63)72)52-42-48-41-49(44-52)45-53(70)43-48/h1-40,46-49,52-53H,41-45H2. The minimum Gasteiger partial charge on any atom is -0.309 e. The van der Waals surface area contributed by atoms with Gasteiger partial charge in [-0.25, -0.2) is 0 Å². The Labute approximate surface area is 429 Å². The van der Waals surface area contributed by atoms with Gasteiger partial charge in [-0.3, -0.25) is 0 Å². The Morgan fingerprint density at radius 2 is 0.808 bits per heavy atom. The molecule has 4 aliphatic carbocycles. The predicted octanol–water partition coefficient (Wildman–Crippen LogP) is 15.0. The first kappa shape index (κ1) is 42.7. The van der Waals surface area contributed by atoms with Gasteiger partial charge in [-0.15, -0.1) is 0 Å². The Balaban J connectivity index is 1.00. The highest BCUT2D eigenvalue weighted by Crippen LogP contribution is 2.69. The van der Waals surface area contributed by atoms with E-state index in [0.29, 0.717) is 11.8 Å². The van der Waals surface area contributed by atoms with Crippen LogP contribution in [-0.4, -0.2) is 12.6 Å². The van der Waals surface area contributed by atoms with Crippen LogP contribution >= 0.6 is 0 Å². The van der Waals surface area contributed by atoms with Crippen LogP contribution in [0.3, 0.4) is 0 Å². The van der Waals surface area contributed by atoms with Crippen LogP contribution in [0.15, 0.2) is 255 Å². The molecule has 4 bridgehead atoms. The zero-order chi connectivity index (χ0) is 48.1. The molecule has 3 heteroatoms. The van der Waals surface area contributed by atoms with Gasteiger partial charge < -0.3 is 9.47 Å². The van der Waals surface area contributed by atoms with Gasteiger partial charge in [0.15, 0.2) is 8.07 Å². The molecule has 73 heavy (non-hydrogen) atoms. The van der Waals surface area contributed by atoms with Crippen LogP contribution in [0.1, 0.15) is 43.2 Å². The van der Waals surface area contributed by atoms with Gasteiger partial charge in [0.05, 0.1) is 28.1 Å². The van der Waals surface area contributed by atoms with E-state index < -0.39 is 8.07 Å². The zero-order valence-corrected chi connectivity index (χ0v) is 42.0. The minimum absolute atomic E-state index is 0.0138. The van der Waals surface area contributed by atoms with Gasteiger partial charge in [-0.1, -0.05) is 212 Å². The summed E-state index contributed by atoms with van der Waals surface area (Å²) in [5.74, 6) is 3.07. The SMILES string of the molecule is c1ccc([Si](c2ccccc2)(c2ccccc2)c2cccc(-c3cccc(N4c5ccccc5C5(c6ccccc64)C4CC6CC(C4)CC5C6)c3-c3cccc(-n4c5ccccc5c5ccccc54)c3)c2)cc1. The molecule has 0 amide bonds. The minimum atomic E-state index is -2.85. The summed E-state index contributed by atoms with van der Waals surface area (Å²) in [4.78, 5) is 2.67. The van der Waals surface area contributed by atoms with Crippen LogP contribution < -0.4 is 25.6 Å². The van der Waals surface area contributed by atoms with Crippen LogP contribution in [0, 0.1) is 23.7 Å². The molecule has 2 heterocycles. The number of anilines is 3. The third-order valence-electron chi connectivity index (χ3n) is 18.1. The average molecular weight is 953 g/mol. The Kier molecular flexibility index (Phi) is 9.82. The summed E-state index contributed by atoms with van der Waals surface area (Å²) < 4.78 is 2.47. The summed E-state index contributed by atoms with van der Waals surface area (Å²) in [5, 5.41) is 8.02. The molecule has 4 fully saturated rings. The molecule has 1 aliphatic heterocycles. The van der Waals surface area contributed by atoms with Gasteiger partial charge in [-0.2, -0.15) is 0 Å². The number of hydrogen-bond acceptors (Lipinski definition) is 1. The number of rotatable bonds is 8. The molecule has 10 aromatic carbocycles. The van der Waals surface area contributed by atoms with Crippen molar-refractivity contribution in [2.75, 3.05) is 4.90 Å². The molecule has 11 aromatic rings. The lowest BCUT2D eigenvalue weighted by molar-refractivity contribution is -0.0419. The summed E-state index contributed by atoms with van der Waals surface area (Å²) >= 11 is 0. The normalized spacial score (nSPS) is 19.3. The Hall–Kier alpha value is -7.98. The van der Waals surface area contributed by atoms with Gasteiger partial charge >= 0.3 is 0 Å². The third-order valence-corrected chi connectivity index (χ3v) is 22.9. The lowest BCUT2D eigenvalue weighted by atomic mass is 9.41. The summed E-state index contributed by atoms with van der Waals surface area (Å²) in [6.45, 7) is 0. The third kappa shape index (κ3) is 6.28. The molecule has 0 unspecified atom stereocenters. The molecule has 5 aliphatic rings. The van der Waals surface area contributed by atoms with E-state index in [1.165, 1.54) is 125 Å². The molecule has 16 rings (SSSR count). The van der Waals surface area contributed by atoms with Gasteiger partial charge in [0.25, 0.3) is 0 Å². The van der Waals surface area contributed by atoms with E-state index >= 15 is 0 Å². The average Bonchev–Trinajstić information content (AvgIpc) is 3.79. The fourth-order valence-corrected chi connectivity index (χ4v) is 20.4. The van der Waals surface area contributed by atoms with E-state index in [0.717, 1.165) is 17.5 Å². The van der Waals surface area contributed by atoms with E-state index in [4.69, 9.17) is 0 Å². The van der Waals surface area contributed by atoms with Crippen molar-refractivity contribution in [3.63, 3.8) is 0 Å². The van der Waals surface area contributed by atoms with Crippen LogP contribution in [-0.2, 0) is 5.41 Å². The van der Waals surface area contributed by atoms with Crippen molar-refractivity contribution in [2.45, 2.75) is 37.5 Å². The molecule has 0 N–H and O–H groups in total. The first-order chi connectivity index (χ1) is 36.2. The lowest BCUT2D eigenvalue weighted by Crippen LogP contribution is -2.74. The summed E-state index contributed by atoms with van der Waals surface area (Å²) in [6.07, 6.45) is 6.84. The lowest BCUT2D eigenvalue weighted by Gasteiger charge is -2.64. The molecule has 0 atom stereocenters. The van der Waals surface area contributed by atoms with E-state index in [-0.39, 0.29) is 5.41 Å². The second-order valence-corrected chi connectivity index (χ2v) is 25.4. The van der Waals surface area contributed by atoms with Crippen molar-refractivity contribution >= 4 is 67.7 Å². The van der Waals surface area contributed by atoms with Crippen LogP contribution in [0.5, 0.6) is 0 Å². The van der Waals surface area contributed by atoms with Crippen molar-refractivity contribution in [1.82, 2.24) is 4.57 Å². The second kappa shape index (κ2) is 16.8. The highest BCUT2D eigenvalue weighted by atomic mass is 28.3. The highest BCUT2D eigenvalue weighted by Gasteiger charge is 2.61. The second-order valence-electron chi connectivity index (χ2n) is 21.6. The first-order valence-electron chi connectivity index (χ1n) is 26.7. The molecule has 0 saturated heterocycles. The molecule has 1 spiro atoms. The van der Waals surface area contributed by atoms with Crippen molar-refractivity contribution in [3.8, 4) is 27.9 Å². The van der Waals surface area contributed by atoms with Gasteiger partial charge in [0.1, 0.15) is 0 Å². The highest BCUT2D eigenvalue weighted by molar-refractivity contribution is 7.19. The molecule has 0 radical (unpaired) electrons. The topological polar surface area (TPSA) is 8.17 Å². The number of benzene rings is 10. The van der Waals surface area contributed by atoms with Crippen LogP contribution in [0.4, 0.5) is 17.1 Å². The maximum absolute atomic E-state index is 2.85. The molecule has 2 nitrogen and oxygen atoms in total. The Morgan fingerprint density at radius 3 is 1.38 bits per heavy atom. The maximum Gasteiger partial charge on any atom is 0.179 e. The van der Waals surface area contributed by atoms with Crippen molar-refractivity contribution in [3.05, 3.63) is 266 Å². The number of hydrogen-bond donors (Lipinski definition) is 0. The van der Waals surface area contributed by atoms with Crippen molar-refractivity contribution in [2.24, 2.45) is 23.7 Å². The van der Waals surface area contributed by atoms with Crippen molar-refractivity contribution < 1.29 is 0 Å². The molecule has 350 valence electrons. The van der Waals surface area contributed by atoms with Gasteiger partial charge in [0, 0.05) is 27.4 Å². The van der Waals surface area contributed by atoms with E-state index in [1.807, 2.05) is 0 Å². The summed E-state index contributed by atoms with van der Waals surface area (Å²) in [6, 6.07) is 97.2. The van der Waals surface area contributed by atoms with Crippen LogP contribution in [0.25, 0.3) is 49.7 Å². The molecular weight excluding hydrogens is 897 g/mol. The summed E-state index contributed by atoms with van der Waals surface area (Å²) in [5.41, 5.74) is 15.4. The van der Waals surface area contributed by atoms with E-state index in [1.54, 1.807) is 0 Å². The van der Waals surface area contributed by atoms with Crippen molar-refractivity contribution in [1.29, 1.82) is 0 Å². The maximum atomic E-state index is 2.67. The molecular formula is C70H56N2Si. The predicted molar refractivity (Wildman–Crippen MR) is 308 cm³/mol. The molecule has 4 saturated carbocycles. The number of para-hydroxylation sites is 4. The van der Waals surface area contributed by atoms with E-state index in [9.17, 15) is 0 Å². The monoisotopic (exact) mass is 952 g/mol. The quantitative estimate of drug-likeness (QED) is 0.109. The fraction of sp³-hybridized carbons (Fsp3) is 0.143. The fourth-order valence-electron chi connectivity index (χ4n) is 15.6. The molecule has 1 aromatic heterocycles. The first-order valence-corrected chi connectivity index (χ1v) is 28.7. The van der Waals surface area contributed by atoms with Gasteiger partial charge in [0.2, 0.25) is 0 Å². The number of nitrogens with zero attached hydrogens (tertiary/aromatic N) is 2. The van der Waals surface area contributed by atoms with Crippen LogP contribution in [0.2, 0.25) is 0 Å². The number of aromatic nitrogens is 1. The number of fused-ring (bicyclic) bond motifs is 5. The van der Waals surface area contributed by atoms with E-state index in [2.05, 4.69) is 264 Å². The summed E-state index contributed by atoms with van der Waals surface area (Å²) in [7, 11) is -2.85. The largest absolute Gasteiger partial charge is 0.309 e. The zero-order valence-electron chi connectivity index (χ0n) is 41.0.